The number of likely N-dealkylation sites (tertiary alicyclic amines) is 1. The first-order valence-electron chi connectivity index (χ1n) is 7.24. The second-order valence-electron chi connectivity index (χ2n) is 6.11. The quantitative estimate of drug-likeness (QED) is 0.905. The largest absolute Gasteiger partial charge is 0.323 e. The van der Waals surface area contributed by atoms with Crippen LogP contribution in [-0.2, 0) is 0 Å². The van der Waals surface area contributed by atoms with Crippen LogP contribution in [0.1, 0.15) is 38.8 Å². The number of hydrogen-bond acceptors (Lipinski definition) is 2. The van der Waals surface area contributed by atoms with Crippen LogP contribution in [0.3, 0.4) is 0 Å². The van der Waals surface area contributed by atoms with E-state index >= 15 is 0 Å². The average Bonchev–Trinajstić information content (AvgIpc) is 2.87. The monoisotopic (exact) mass is 264 g/mol. The van der Waals surface area contributed by atoms with Gasteiger partial charge in [0.05, 0.1) is 0 Å². The number of hydrogen-bond donors (Lipinski definition) is 1. The Bertz CT molecular complexity index is 402. The van der Waals surface area contributed by atoms with Crippen molar-refractivity contribution in [2.75, 3.05) is 13.1 Å². The number of nitrogens with zero attached hydrogens (tertiary/aromatic N) is 1. The molecule has 2 N–H and O–H groups in total. The molecule has 3 atom stereocenters. The normalized spacial score (nSPS) is 23.8. The summed E-state index contributed by atoms with van der Waals surface area (Å²) >= 11 is 0. The fourth-order valence-corrected chi connectivity index (χ4v) is 2.92. The fourth-order valence-electron chi connectivity index (χ4n) is 2.92. The second-order valence-corrected chi connectivity index (χ2v) is 6.11. The lowest BCUT2D eigenvalue weighted by Gasteiger charge is -2.30. The Morgan fingerprint density at radius 1 is 1.21 bits per heavy atom. The molecule has 1 aromatic rings. The molecule has 0 amide bonds. The van der Waals surface area contributed by atoms with Crippen LogP contribution in [-0.4, -0.2) is 24.0 Å². The molecule has 0 radical (unpaired) electrons. The molecule has 0 saturated carbocycles. The van der Waals surface area contributed by atoms with Gasteiger partial charge in [-0.2, -0.15) is 0 Å². The lowest BCUT2D eigenvalue weighted by Crippen LogP contribution is -2.39. The number of nitrogens with two attached hydrogens (primary N) is 1. The first-order valence-corrected chi connectivity index (χ1v) is 7.24. The van der Waals surface area contributed by atoms with E-state index in [2.05, 4.69) is 25.7 Å². The summed E-state index contributed by atoms with van der Waals surface area (Å²) in [5.74, 6) is 1.31. The maximum absolute atomic E-state index is 12.9. The summed E-state index contributed by atoms with van der Waals surface area (Å²) in [6.07, 6.45) is 1.26. The molecular weight excluding hydrogens is 239 g/mol. The van der Waals surface area contributed by atoms with Crippen molar-refractivity contribution >= 4 is 0 Å². The molecule has 106 valence electrons. The van der Waals surface area contributed by atoms with E-state index in [9.17, 15) is 4.39 Å². The molecule has 1 aromatic carbocycles. The predicted octanol–water partition coefficient (Wildman–Crippen LogP) is 3.19. The summed E-state index contributed by atoms with van der Waals surface area (Å²) in [6.45, 7) is 9.01. The van der Waals surface area contributed by atoms with Crippen LogP contribution in [0.25, 0.3) is 0 Å². The van der Waals surface area contributed by atoms with Gasteiger partial charge in [0.15, 0.2) is 0 Å². The van der Waals surface area contributed by atoms with Gasteiger partial charge in [0.25, 0.3) is 0 Å². The zero-order chi connectivity index (χ0) is 14.0. The molecule has 1 heterocycles. The van der Waals surface area contributed by atoms with Gasteiger partial charge in [-0.3, -0.25) is 4.90 Å². The van der Waals surface area contributed by atoms with Crippen LogP contribution < -0.4 is 5.73 Å². The molecule has 0 spiro atoms. The van der Waals surface area contributed by atoms with Crippen molar-refractivity contribution in [1.82, 2.24) is 4.90 Å². The van der Waals surface area contributed by atoms with Gasteiger partial charge in [-0.1, -0.05) is 26.0 Å². The predicted molar refractivity (Wildman–Crippen MR) is 77.3 cm³/mol. The molecule has 0 aliphatic carbocycles. The summed E-state index contributed by atoms with van der Waals surface area (Å²) in [4.78, 5) is 2.47. The van der Waals surface area contributed by atoms with Gasteiger partial charge < -0.3 is 5.73 Å². The SMILES string of the molecule is CC(C)C1CCN(C(C)C(N)c2ccc(F)cc2)C1. The summed E-state index contributed by atoms with van der Waals surface area (Å²) in [5, 5.41) is 0. The lowest BCUT2D eigenvalue weighted by molar-refractivity contribution is 0.212. The summed E-state index contributed by atoms with van der Waals surface area (Å²) in [7, 11) is 0. The van der Waals surface area contributed by atoms with Crippen molar-refractivity contribution in [1.29, 1.82) is 0 Å². The maximum Gasteiger partial charge on any atom is 0.123 e. The Hall–Kier alpha value is -0.930. The van der Waals surface area contributed by atoms with Crippen molar-refractivity contribution < 1.29 is 4.39 Å². The van der Waals surface area contributed by atoms with Crippen LogP contribution in [0.4, 0.5) is 4.39 Å². The van der Waals surface area contributed by atoms with Crippen LogP contribution in [0.15, 0.2) is 24.3 Å². The molecule has 2 nitrogen and oxygen atoms in total. The van der Waals surface area contributed by atoms with Crippen molar-refractivity contribution in [3.05, 3.63) is 35.6 Å². The second kappa shape index (κ2) is 6.02. The molecule has 1 fully saturated rings. The highest BCUT2D eigenvalue weighted by atomic mass is 19.1. The molecule has 1 saturated heterocycles. The van der Waals surface area contributed by atoms with E-state index in [1.165, 1.54) is 18.6 Å². The van der Waals surface area contributed by atoms with Crippen molar-refractivity contribution in [3.8, 4) is 0 Å². The van der Waals surface area contributed by atoms with Gasteiger partial charge in [-0.05, 0) is 49.4 Å². The van der Waals surface area contributed by atoms with E-state index in [-0.39, 0.29) is 11.9 Å². The molecule has 0 bridgehead atoms. The van der Waals surface area contributed by atoms with E-state index in [0.29, 0.717) is 6.04 Å². The Morgan fingerprint density at radius 3 is 2.37 bits per heavy atom. The van der Waals surface area contributed by atoms with Gasteiger partial charge in [-0.25, -0.2) is 4.39 Å². The zero-order valence-electron chi connectivity index (χ0n) is 12.1. The minimum Gasteiger partial charge on any atom is -0.323 e. The van der Waals surface area contributed by atoms with Gasteiger partial charge in [0, 0.05) is 18.6 Å². The van der Waals surface area contributed by atoms with E-state index in [1.54, 1.807) is 12.1 Å². The molecule has 3 heteroatoms. The summed E-state index contributed by atoms with van der Waals surface area (Å²) in [6, 6.07) is 6.82. The summed E-state index contributed by atoms with van der Waals surface area (Å²) in [5.41, 5.74) is 7.34. The van der Waals surface area contributed by atoms with Gasteiger partial charge >= 0.3 is 0 Å². The van der Waals surface area contributed by atoms with Crippen LogP contribution in [0.5, 0.6) is 0 Å². The molecule has 1 aliphatic heterocycles. The molecule has 2 rings (SSSR count). The van der Waals surface area contributed by atoms with Gasteiger partial charge in [-0.15, -0.1) is 0 Å². The number of rotatable bonds is 4. The van der Waals surface area contributed by atoms with Gasteiger partial charge in [0.1, 0.15) is 5.82 Å². The Kier molecular flexibility index (Phi) is 4.58. The first-order chi connectivity index (χ1) is 8.99. The van der Waals surface area contributed by atoms with Crippen molar-refractivity contribution in [2.24, 2.45) is 17.6 Å². The van der Waals surface area contributed by atoms with E-state index in [4.69, 9.17) is 5.73 Å². The highest BCUT2D eigenvalue weighted by Crippen LogP contribution is 2.28. The topological polar surface area (TPSA) is 29.3 Å². The Morgan fingerprint density at radius 2 is 1.84 bits per heavy atom. The van der Waals surface area contributed by atoms with E-state index in [0.717, 1.165) is 30.5 Å². The minimum atomic E-state index is -0.204. The van der Waals surface area contributed by atoms with Crippen LogP contribution in [0, 0.1) is 17.7 Å². The number of benzene rings is 1. The third kappa shape index (κ3) is 3.34. The zero-order valence-corrected chi connectivity index (χ0v) is 12.1. The maximum atomic E-state index is 12.9. The molecule has 1 aliphatic rings. The average molecular weight is 264 g/mol. The highest BCUT2D eigenvalue weighted by Gasteiger charge is 2.30. The van der Waals surface area contributed by atoms with Crippen molar-refractivity contribution in [3.63, 3.8) is 0 Å². The molecule has 19 heavy (non-hydrogen) atoms. The molecule has 0 aromatic heterocycles. The highest BCUT2D eigenvalue weighted by molar-refractivity contribution is 5.21. The Labute approximate surface area is 115 Å². The van der Waals surface area contributed by atoms with Crippen LogP contribution >= 0.6 is 0 Å². The first kappa shape index (κ1) is 14.5. The van der Waals surface area contributed by atoms with E-state index < -0.39 is 0 Å². The third-order valence-electron chi connectivity index (χ3n) is 4.55. The smallest absolute Gasteiger partial charge is 0.123 e. The summed E-state index contributed by atoms with van der Waals surface area (Å²) < 4.78 is 12.9. The van der Waals surface area contributed by atoms with Gasteiger partial charge in [0.2, 0.25) is 0 Å². The minimum absolute atomic E-state index is 0.0495. The van der Waals surface area contributed by atoms with Crippen LogP contribution in [0.2, 0.25) is 0 Å². The number of halogens is 1. The van der Waals surface area contributed by atoms with Crippen molar-refractivity contribution in [2.45, 2.75) is 39.3 Å². The Balaban J connectivity index is 2.00. The molecule has 3 unspecified atom stereocenters. The standard InChI is InChI=1S/C16H25FN2/c1-11(2)14-8-9-19(10-14)12(3)16(18)13-4-6-15(17)7-5-13/h4-7,11-12,14,16H,8-10,18H2,1-3H3. The fraction of sp³-hybridized carbons (Fsp3) is 0.625. The molecular formula is C16H25FN2. The van der Waals surface area contributed by atoms with E-state index in [1.807, 2.05) is 0 Å². The lowest BCUT2D eigenvalue weighted by atomic mass is 9.95. The third-order valence-corrected chi connectivity index (χ3v) is 4.55.